The molecule has 1 aliphatic carbocycles. The lowest BCUT2D eigenvalue weighted by Gasteiger charge is -2.16. The van der Waals surface area contributed by atoms with Crippen molar-refractivity contribution >= 4 is 29.4 Å². The summed E-state index contributed by atoms with van der Waals surface area (Å²) < 4.78 is 10.4. The van der Waals surface area contributed by atoms with Crippen molar-refractivity contribution in [3.05, 3.63) is 65.2 Å². The molecule has 0 atom stereocenters. The van der Waals surface area contributed by atoms with Crippen molar-refractivity contribution in [2.24, 2.45) is 0 Å². The van der Waals surface area contributed by atoms with Crippen LogP contribution in [0.2, 0.25) is 0 Å². The highest BCUT2D eigenvalue weighted by molar-refractivity contribution is 5.98. The summed E-state index contributed by atoms with van der Waals surface area (Å²) in [4.78, 5) is 35.3. The van der Waals surface area contributed by atoms with E-state index in [-0.39, 0.29) is 18.3 Å². The molecule has 29 heavy (non-hydrogen) atoms. The largest absolute Gasteiger partial charge is 0.484 e. The molecule has 0 saturated heterocycles. The predicted molar refractivity (Wildman–Crippen MR) is 110 cm³/mol. The van der Waals surface area contributed by atoms with E-state index in [4.69, 9.17) is 9.47 Å². The Morgan fingerprint density at radius 1 is 1.10 bits per heavy atom. The summed E-state index contributed by atoms with van der Waals surface area (Å²) >= 11 is 0. The summed E-state index contributed by atoms with van der Waals surface area (Å²) in [5.41, 5.74) is 3.18. The average Bonchev–Trinajstić information content (AvgIpc) is 2.72. The van der Waals surface area contributed by atoms with Crippen LogP contribution in [0.25, 0.3) is 6.08 Å². The van der Waals surface area contributed by atoms with Crippen LogP contribution < -0.4 is 10.1 Å². The van der Waals surface area contributed by atoms with E-state index < -0.39 is 5.97 Å². The maximum Gasteiger partial charge on any atom is 0.330 e. The number of hydrogen-bond donors (Lipinski definition) is 1. The molecule has 0 aliphatic heterocycles. The second kappa shape index (κ2) is 9.68. The minimum Gasteiger partial charge on any atom is -0.484 e. The first kappa shape index (κ1) is 20.3. The Morgan fingerprint density at radius 2 is 1.90 bits per heavy atom. The van der Waals surface area contributed by atoms with Gasteiger partial charge in [0.05, 0.1) is 6.61 Å². The molecular formula is C23H23NO5. The van der Waals surface area contributed by atoms with Crippen molar-refractivity contribution in [2.45, 2.75) is 26.2 Å². The molecule has 3 rings (SSSR count). The minimum atomic E-state index is -0.395. The summed E-state index contributed by atoms with van der Waals surface area (Å²) in [6.07, 6.45) is 5.29. The molecule has 0 radical (unpaired) electrons. The normalized spacial score (nSPS) is 13.1. The smallest absolute Gasteiger partial charge is 0.330 e. The number of ketones is 1. The number of fused-ring (bicyclic) bond motifs is 1. The van der Waals surface area contributed by atoms with Crippen LogP contribution in [-0.2, 0) is 20.7 Å². The number of rotatable bonds is 7. The van der Waals surface area contributed by atoms with Crippen LogP contribution in [0.3, 0.4) is 0 Å². The quantitative estimate of drug-likeness (QED) is 0.572. The van der Waals surface area contributed by atoms with E-state index in [1.165, 1.54) is 6.08 Å². The van der Waals surface area contributed by atoms with Crippen LogP contribution in [-0.4, -0.2) is 30.9 Å². The van der Waals surface area contributed by atoms with E-state index >= 15 is 0 Å². The Hall–Kier alpha value is -3.41. The summed E-state index contributed by atoms with van der Waals surface area (Å²) in [7, 11) is 0. The molecule has 1 N–H and O–H groups in total. The highest BCUT2D eigenvalue weighted by atomic mass is 16.5. The number of Topliss-reactive ketones (excluding diaryl/α,β-unsaturated/α-hetero) is 1. The Labute approximate surface area is 169 Å². The van der Waals surface area contributed by atoms with Gasteiger partial charge in [-0.1, -0.05) is 12.1 Å². The summed E-state index contributed by atoms with van der Waals surface area (Å²) in [6, 6.07) is 12.4. The first-order valence-electron chi connectivity index (χ1n) is 9.59. The van der Waals surface area contributed by atoms with Gasteiger partial charge in [0, 0.05) is 23.7 Å². The SMILES string of the molecule is CCOC(=O)/C=C/c1ccc(NC(=O)COc2ccc3c(c2)CCCC3=O)cc1. The van der Waals surface area contributed by atoms with Crippen LogP contribution in [0.5, 0.6) is 5.75 Å². The zero-order chi connectivity index (χ0) is 20.6. The molecule has 6 nitrogen and oxygen atoms in total. The Morgan fingerprint density at radius 3 is 2.66 bits per heavy atom. The van der Waals surface area contributed by atoms with Gasteiger partial charge in [-0.15, -0.1) is 0 Å². The molecule has 6 heteroatoms. The Balaban J connectivity index is 1.51. The predicted octanol–water partition coefficient (Wildman–Crippen LogP) is 3.80. The number of anilines is 1. The highest BCUT2D eigenvalue weighted by Gasteiger charge is 2.17. The van der Waals surface area contributed by atoms with Crippen molar-refractivity contribution in [1.29, 1.82) is 0 Å². The van der Waals surface area contributed by atoms with E-state index in [1.807, 2.05) is 6.07 Å². The molecule has 1 amide bonds. The van der Waals surface area contributed by atoms with Crippen LogP contribution in [0, 0.1) is 0 Å². The summed E-state index contributed by atoms with van der Waals surface area (Å²) in [5, 5.41) is 2.76. The molecule has 0 aromatic heterocycles. The van der Waals surface area contributed by atoms with Gasteiger partial charge < -0.3 is 14.8 Å². The van der Waals surface area contributed by atoms with Gasteiger partial charge in [-0.25, -0.2) is 4.79 Å². The molecule has 1 aliphatic rings. The number of aryl methyl sites for hydroxylation is 1. The van der Waals surface area contributed by atoms with Gasteiger partial charge >= 0.3 is 5.97 Å². The molecule has 0 saturated carbocycles. The number of ether oxygens (including phenoxy) is 2. The lowest BCUT2D eigenvalue weighted by Crippen LogP contribution is -2.20. The topological polar surface area (TPSA) is 81.7 Å². The van der Waals surface area contributed by atoms with Crippen LogP contribution in [0.1, 0.15) is 41.3 Å². The second-order valence-corrected chi connectivity index (χ2v) is 6.64. The summed E-state index contributed by atoms with van der Waals surface area (Å²) in [6.45, 7) is 1.95. The lowest BCUT2D eigenvalue weighted by atomic mass is 9.91. The van der Waals surface area contributed by atoms with Crippen molar-refractivity contribution in [3.8, 4) is 5.75 Å². The van der Waals surface area contributed by atoms with E-state index in [9.17, 15) is 14.4 Å². The fourth-order valence-corrected chi connectivity index (χ4v) is 3.09. The molecule has 0 heterocycles. The lowest BCUT2D eigenvalue weighted by molar-refractivity contribution is -0.137. The van der Waals surface area contributed by atoms with Gasteiger partial charge in [-0.3, -0.25) is 9.59 Å². The fraction of sp³-hybridized carbons (Fsp3) is 0.261. The number of carbonyl (C=O) groups excluding carboxylic acids is 3. The molecule has 0 fully saturated rings. The van der Waals surface area contributed by atoms with E-state index in [1.54, 1.807) is 49.4 Å². The maximum absolute atomic E-state index is 12.1. The molecule has 2 aromatic rings. The number of esters is 1. The van der Waals surface area contributed by atoms with Gasteiger partial charge in [-0.2, -0.15) is 0 Å². The first-order valence-corrected chi connectivity index (χ1v) is 9.59. The molecule has 0 spiro atoms. The standard InChI is InChI=1S/C23H23NO5/c1-2-28-23(27)13-8-16-6-9-18(10-7-16)24-22(26)15-29-19-11-12-20-17(14-19)4-3-5-21(20)25/h6-14H,2-5,15H2,1H3,(H,24,26)/b13-8+. The highest BCUT2D eigenvalue weighted by Crippen LogP contribution is 2.25. The zero-order valence-electron chi connectivity index (χ0n) is 16.3. The number of benzene rings is 2. The van der Waals surface area contributed by atoms with Crippen molar-refractivity contribution in [3.63, 3.8) is 0 Å². The van der Waals surface area contributed by atoms with Crippen molar-refractivity contribution < 1.29 is 23.9 Å². The number of amides is 1. The van der Waals surface area contributed by atoms with E-state index in [2.05, 4.69) is 5.32 Å². The monoisotopic (exact) mass is 393 g/mol. The first-order chi connectivity index (χ1) is 14.0. The average molecular weight is 393 g/mol. The van der Waals surface area contributed by atoms with Crippen LogP contribution in [0.4, 0.5) is 5.69 Å². The third-order valence-electron chi connectivity index (χ3n) is 4.49. The summed E-state index contributed by atoms with van der Waals surface area (Å²) in [5.74, 6) is 0.0614. The van der Waals surface area contributed by atoms with Crippen LogP contribution >= 0.6 is 0 Å². The molecule has 150 valence electrons. The van der Waals surface area contributed by atoms with Gasteiger partial charge in [-0.05, 0) is 67.3 Å². The fourth-order valence-electron chi connectivity index (χ4n) is 3.09. The zero-order valence-corrected chi connectivity index (χ0v) is 16.3. The minimum absolute atomic E-state index is 0.128. The van der Waals surface area contributed by atoms with E-state index in [0.29, 0.717) is 24.5 Å². The van der Waals surface area contributed by atoms with Crippen LogP contribution in [0.15, 0.2) is 48.5 Å². The van der Waals surface area contributed by atoms with Gasteiger partial charge in [0.25, 0.3) is 5.91 Å². The number of hydrogen-bond acceptors (Lipinski definition) is 5. The molecule has 0 bridgehead atoms. The van der Waals surface area contributed by atoms with Gasteiger partial charge in [0.1, 0.15) is 5.75 Å². The third-order valence-corrected chi connectivity index (χ3v) is 4.49. The van der Waals surface area contributed by atoms with E-state index in [0.717, 1.165) is 29.5 Å². The van der Waals surface area contributed by atoms with Crippen molar-refractivity contribution in [2.75, 3.05) is 18.5 Å². The van der Waals surface area contributed by atoms with Gasteiger partial charge in [0.15, 0.2) is 12.4 Å². The molecule has 2 aromatic carbocycles. The molecular weight excluding hydrogens is 370 g/mol. The number of nitrogens with one attached hydrogen (secondary N) is 1. The Kier molecular flexibility index (Phi) is 6.79. The third kappa shape index (κ3) is 5.78. The molecule has 0 unspecified atom stereocenters. The van der Waals surface area contributed by atoms with Crippen molar-refractivity contribution in [1.82, 2.24) is 0 Å². The number of carbonyl (C=O) groups is 3. The maximum atomic E-state index is 12.1. The second-order valence-electron chi connectivity index (χ2n) is 6.64. The Bertz CT molecular complexity index is 931. The van der Waals surface area contributed by atoms with Gasteiger partial charge in [0.2, 0.25) is 0 Å².